The van der Waals surface area contributed by atoms with Gasteiger partial charge in [-0.15, -0.1) is 0 Å². The molecule has 0 bridgehead atoms. The molecular formula is C19H19N3O3. The largest absolute Gasteiger partial charge is 0.481 e. The number of para-hydroxylation sites is 1. The van der Waals surface area contributed by atoms with Gasteiger partial charge in [-0.1, -0.05) is 24.3 Å². The molecule has 0 radical (unpaired) electrons. The van der Waals surface area contributed by atoms with Crippen molar-refractivity contribution >= 4 is 16.9 Å². The number of hydrogen-bond donors (Lipinski definition) is 2. The number of carboxylic acids is 1. The Morgan fingerprint density at radius 2 is 2.20 bits per heavy atom. The highest BCUT2D eigenvalue weighted by molar-refractivity contribution is 5.87. The fourth-order valence-corrected chi connectivity index (χ4v) is 3.52. The van der Waals surface area contributed by atoms with Crippen LogP contribution in [0.5, 0.6) is 5.88 Å². The minimum Gasteiger partial charge on any atom is -0.481 e. The van der Waals surface area contributed by atoms with E-state index in [0.717, 1.165) is 27.7 Å². The van der Waals surface area contributed by atoms with Crippen molar-refractivity contribution in [3.05, 3.63) is 59.4 Å². The second-order valence-electron chi connectivity index (χ2n) is 6.21. The predicted molar refractivity (Wildman–Crippen MR) is 93.8 cm³/mol. The number of nitrogens with zero attached hydrogens (tertiary/aromatic N) is 2. The summed E-state index contributed by atoms with van der Waals surface area (Å²) in [5, 5.41) is 13.6. The number of methoxy groups -OCH3 is 1. The van der Waals surface area contributed by atoms with E-state index in [9.17, 15) is 9.90 Å². The maximum absolute atomic E-state index is 11.4. The molecule has 128 valence electrons. The van der Waals surface area contributed by atoms with Gasteiger partial charge in [-0.3, -0.25) is 10.1 Å². The zero-order valence-electron chi connectivity index (χ0n) is 13.9. The van der Waals surface area contributed by atoms with E-state index < -0.39 is 12.0 Å². The average molecular weight is 337 g/mol. The molecule has 3 aromatic rings. The van der Waals surface area contributed by atoms with Crippen LogP contribution in [0, 0.1) is 0 Å². The number of carbonyl (C=O) groups is 1. The highest BCUT2D eigenvalue weighted by Gasteiger charge is 2.28. The van der Waals surface area contributed by atoms with Gasteiger partial charge in [0.05, 0.1) is 7.11 Å². The van der Waals surface area contributed by atoms with Crippen molar-refractivity contribution in [3.8, 4) is 5.88 Å². The van der Waals surface area contributed by atoms with E-state index in [1.165, 1.54) is 0 Å². The second kappa shape index (κ2) is 6.22. The standard InChI is InChI=1S/C19H19N3O3/c1-25-18-7-6-12(9-21-18)11-22-16-5-3-2-4-13(16)14-8-15(19(23)24)20-10-17(14)22/h2-7,9,15,20H,8,10-11H2,1H3,(H,23,24). The molecule has 2 N–H and O–H groups in total. The molecule has 1 aliphatic heterocycles. The van der Waals surface area contributed by atoms with Crippen molar-refractivity contribution in [2.24, 2.45) is 0 Å². The third-order valence-electron chi connectivity index (χ3n) is 4.76. The van der Waals surface area contributed by atoms with Gasteiger partial charge in [0, 0.05) is 48.4 Å². The Kier molecular flexibility index (Phi) is 3.89. The number of rotatable bonds is 4. The van der Waals surface area contributed by atoms with Gasteiger partial charge < -0.3 is 14.4 Å². The third kappa shape index (κ3) is 2.74. The number of fused-ring (bicyclic) bond motifs is 3. The summed E-state index contributed by atoms with van der Waals surface area (Å²) < 4.78 is 7.37. The van der Waals surface area contributed by atoms with Gasteiger partial charge in [-0.25, -0.2) is 4.98 Å². The molecule has 6 heteroatoms. The van der Waals surface area contributed by atoms with Gasteiger partial charge in [-0.05, 0) is 17.2 Å². The van der Waals surface area contributed by atoms with Crippen molar-refractivity contribution in [1.82, 2.24) is 14.9 Å². The molecule has 0 amide bonds. The third-order valence-corrected chi connectivity index (χ3v) is 4.76. The summed E-state index contributed by atoms with van der Waals surface area (Å²) in [6.45, 7) is 1.23. The minimum absolute atomic E-state index is 0.499. The SMILES string of the molecule is COc1ccc(Cn2c3c(c4ccccc42)CC(C(=O)O)NC3)cn1. The maximum atomic E-state index is 11.4. The average Bonchev–Trinajstić information content (AvgIpc) is 2.96. The van der Waals surface area contributed by atoms with Crippen LogP contribution in [0.1, 0.15) is 16.8 Å². The molecule has 4 rings (SSSR count). The van der Waals surface area contributed by atoms with E-state index in [0.29, 0.717) is 25.4 Å². The van der Waals surface area contributed by atoms with Gasteiger partial charge in [0.1, 0.15) is 6.04 Å². The van der Waals surface area contributed by atoms with E-state index in [-0.39, 0.29) is 0 Å². The zero-order valence-corrected chi connectivity index (χ0v) is 13.9. The molecule has 0 saturated heterocycles. The summed E-state index contributed by atoms with van der Waals surface area (Å²) >= 11 is 0. The lowest BCUT2D eigenvalue weighted by molar-refractivity contribution is -0.139. The molecule has 0 aliphatic carbocycles. The number of aliphatic carboxylic acids is 1. The van der Waals surface area contributed by atoms with Crippen LogP contribution >= 0.6 is 0 Å². The van der Waals surface area contributed by atoms with Crippen molar-refractivity contribution in [1.29, 1.82) is 0 Å². The van der Waals surface area contributed by atoms with Crippen molar-refractivity contribution in [2.75, 3.05) is 7.11 Å². The van der Waals surface area contributed by atoms with Gasteiger partial charge in [0.15, 0.2) is 0 Å². The second-order valence-corrected chi connectivity index (χ2v) is 6.21. The van der Waals surface area contributed by atoms with Crippen molar-refractivity contribution in [2.45, 2.75) is 25.6 Å². The molecule has 0 saturated carbocycles. The quantitative estimate of drug-likeness (QED) is 0.763. The van der Waals surface area contributed by atoms with Crippen LogP contribution in [0.4, 0.5) is 0 Å². The van der Waals surface area contributed by atoms with E-state index in [1.807, 2.05) is 30.5 Å². The van der Waals surface area contributed by atoms with E-state index in [1.54, 1.807) is 7.11 Å². The van der Waals surface area contributed by atoms with Gasteiger partial charge in [0.25, 0.3) is 0 Å². The lowest BCUT2D eigenvalue weighted by Gasteiger charge is -2.22. The monoisotopic (exact) mass is 337 g/mol. The molecular weight excluding hydrogens is 318 g/mol. The Morgan fingerprint density at radius 1 is 1.36 bits per heavy atom. The van der Waals surface area contributed by atoms with Crippen LogP contribution in [-0.4, -0.2) is 33.8 Å². The van der Waals surface area contributed by atoms with Crippen LogP contribution < -0.4 is 10.1 Å². The Labute approximate surface area is 145 Å². The summed E-state index contributed by atoms with van der Waals surface area (Å²) in [5.74, 6) is -0.212. The Balaban J connectivity index is 1.77. The fourth-order valence-electron chi connectivity index (χ4n) is 3.52. The molecule has 2 aromatic heterocycles. The summed E-state index contributed by atoms with van der Waals surface area (Å²) in [5.41, 5.74) is 4.47. The zero-order chi connectivity index (χ0) is 17.4. The maximum Gasteiger partial charge on any atom is 0.321 e. The molecule has 0 fully saturated rings. The summed E-state index contributed by atoms with van der Waals surface area (Å²) in [7, 11) is 1.60. The van der Waals surface area contributed by atoms with Crippen LogP contribution in [0.25, 0.3) is 10.9 Å². The van der Waals surface area contributed by atoms with E-state index in [4.69, 9.17) is 4.74 Å². The first kappa shape index (κ1) is 15.7. The van der Waals surface area contributed by atoms with Crippen LogP contribution in [0.15, 0.2) is 42.6 Å². The summed E-state index contributed by atoms with van der Waals surface area (Å²) in [6.07, 6.45) is 2.31. The molecule has 1 unspecified atom stereocenters. The van der Waals surface area contributed by atoms with Gasteiger partial charge >= 0.3 is 5.97 Å². The predicted octanol–water partition coefficient (Wildman–Crippen LogP) is 2.19. The molecule has 1 aromatic carbocycles. The molecule has 3 heterocycles. The number of carboxylic acid groups (broad SMARTS) is 1. The molecule has 1 aliphatic rings. The first-order chi connectivity index (χ1) is 12.2. The molecule has 1 atom stereocenters. The van der Waals surface area contributed by atoms with Crippen LogP contribution in [0.2, 0.25) is 0 Å². The van der Waals surface area contributed by atoms with Crippen molar-refractivity contribution in [3.63, 3.8) is 0 Å². The number of pyridine rings is 1. The Hall–Kier alpha value is -2.86. The van der Waals surface area contributed by atoms with Crippen LogP contribution in [0.3, 0.4) is 0 Å². The highest BCUT2D eigenvalue weighted by Crippen LogP contribution is 2.30. The number of aromatic nitrogens is 2. The molecule has 25 heavy (non-hydrogen) atoms. The van der Waals surface area contributed by atoms with Crippen molar-refractivity contribution < 1.29 is 14.6 Å². The summed E-state index contributed by atoms with van der Waals surface area (Å²) in [4.78, 5) is 15.6. The normalized spacial score (nSPS) is 16.6. The number of hydrogen-bond acceptors (Lipinski definition) is 4. The lowest BCUT2D eigenvalue weighted by atomic mass is 9.99. The first-order valence-electron chi connectivity index (χ1n) is 8.21. The Bertz CT molecular complexity index is 931. The van der Waals surface area contributed by atoms with Crippen LogP contribution in [-0.2, 0) is 24.3 Å². The fraction of sp³-hybridized carbons (Fsp3) is 0.263. The number of nitrogens with one attached hydrogen (secondary N) is 1. The highest BCUT2D eigenvalue weighted by atomic mass is 16.5. The topological polar surface area (TPSA) is 76.4 Å². The van der Waals surface area contributed by atoms with E-state index >= 15 is 0 Å². The number of benzene rings is 1. The van der Waals surface area contributed by atoms with Gasteiger partial charge in [-0.2, -0.15) is 0 Å². The van der Waals surface area contributed by atoms with E-state index in [2.05, 4.69) is 27.0 Å². The summed E-state index contributed by atoms with van der Waals surface area (Å²) in [6, 6.07) is 11.5. The minimum atomic E-state index is -0.804. The Morgan fingerprint density at radius 3 is 2.92 bits per heavy atom. The van der Waals surface area contributed by atoms with Gasteiger partial charge in [0.2, 0.25) is 5.88 Å². The molecule has 0 spiro atoms. The lowest BCUT2D eigenvalue weighted by Crippen LogP contribution is -2.42. The molecule has 6 nitrogen and oxygen atoms in total. The number of ether oxygens (including phenoxy) is 1. The first-order valence-corrected chi connectivity index (χ1v) is 8.21. The smallest absolute Gasteiger partial charge is 0.321 e.